The highest BCUT2D eigenvalue weighted by molar-refractivity contribution is 7.22. The van der Waals surface area contributed by atoms with Crippen LogP contribution in [0.15, 0.2) is 83.6 Å². The third-order valence-electron chi connectivity index (χ3n) is 6.43. The fraction of sp³-hybridized carbons (Fsp3) is 0.167. The summed E-state index contributed by atoms with van der Waals surface area (Å²) in [6.07, 6.45) is 3.76. The molecule has 0 aliphatic carbocycles. The van der Waals surface area contributed by atoms with Crippen LogP contribution in [-0.2, 0) is 5.41 Å². The van der Waals surface area contributed by atoms with Crippen molar-refractivity contribution in [2.75, 3.05) is 0 Å². The van der Waals surface area contributed by atoms with Crippen LogP contribution in [0.3, 0.4) is 0 Å². The number of pyridine rings is 1. The van der Waals surface area contributed by atoms with Crippen molar-refractivity contribution in [2.45, 2.75) is 33.1 Å². The summed E-state index contributed by atoms with van der Waals surface area (Å²) in [5, 5.41) is 4.97. The second-order valence-corrected chi connectivity index (χ2v) is 10.9. The van der Waals surface area contributed by atoms with Crippen molar-refractivity contribution in [3.63, 3.8) is 0 Å². The average molecular weight is 448 g/mol. The number of fused-ring (bicyclic) bond motifs is 3. The Kier molecular flexibility index (Phi) is 4.46. The number of rotatable bonds is 2. The van der Waals surface area contributed by atoms with Gasteiger partial charge in [0.1, 0.15) is 5.58 Å². The number of aromatic nitrogens is 1. The van der Waals surface area contributed by atoms with Gasteiger partial charge in [-0.1, -0.05) is 57.2 Å². The summed E-state index contributed by atoms with van der Waals surface area (Å²) in [5.74, 6) is 0. The van der Waals surface area contributed by atoms with Crippen LogP contribution in [0, 0.1) is 6.92 Å². The SMILES string of the molecule is Cc1coc2cc(-c3cc4ccnc(-c5cc(C(C)(C)C)c6ccccc6c5)c4s3)ccc12. The van der Waals surface area contributed by atoms with E-state index in [1.807, 2.05) is 12.5 Å². The van der Waals surface area contributed by atoms with Crippen molar-refractivity contribution in [1.82, 2.24) is 4.98 Å². The average Bonchev–Trinajstić information content (AvgIpc) is 3.41. The van der Waals surface area contributed by atoms with E-state index in [9.17, 15) is 0 Å². The Balaban J connectivity index is 1.55. The van der Waals surface area contributed by atoms with E-state index in [0.717, 1.165) is 11.3 Å². The molecule has 0 aliphatic heterocycles. The Hall–Kier alpha value is -3.43. The molecular weight excluding hydrogens is 422 g/mol. The smallest absolute Gasteiger partial charge is 0.134 e. The molecule has 0 unspecified atom stereocenters. The first-order chi connectivity index (χ1) is 15.9. The van der Waals surface area contributed by atoms with Gasteiger partial charge in [-0.2, -0.15) is 0 Å². The minimum absolute atomic E-state index is 0.0424. The van der Waals surface area contributed by atoms with Gasteiger partial charge >= 0.3 is 0 Å². The predicted molar refractivity (Wildman–Crippen MR) is 141 cm³/mol. The minimum atomic E-state index is 0.0424. The molecule has 0 spiro atoms. The zero-order valence-electron chi connectivity index (χ0n) is 19.3. The molecule has 0 N–H and O–H groups in total. The number of thiophene rings is 1. The molecule has 3 heterocycles. The lowest BCUT2D eigenvalue weighted by atomic mass is 9.82. The lowest BCUT2D eigenvalue weighted by molar-refractivity contribution is 0.596. The first kappa shape index (κ1) is 20.2. The Morgan fingerprint density at radius 3 is 2.52 bits per heavy atom. The molecule has 162 valence electrons. The molecule has 0 saturated carbocycles. The normalized spacial score (nSPS) is 12.2. The van der Waals surface area contributed by atoms with Crippen molar-refractivity contribution in [1.29, 1.82) is 0 Å². The number of hydrogen-bond acceptors (Lipinski definition) is 3. The highest BCUT2D eigenvalue weighted by Gasteiger charge is 2.20. The van der Waals surface area contributed by atoms with Gasteiger partial charge in [-0.3, -0.25) is 4.98 Å². The van der Waals surface area contributed by atoms with Crippen LogP contribution in [0.5, 0.6) is 0 Å². The highest BCUT2D eigenvalue weighted by Crippen LogP contribution is 2.41. The summed E-state index contributed by atoms with van der Waals surface area (Å²) >= 11 is 1.80. The molecule has 6 aromatic rings. The van der Waals surface area contributed by atoms with E-state index in [1.54, 1.807) is 11.3 Å². The van der Waals surface area contributed by atoms with Crippen LogP contribution in [0.4, 0.5) is 0 Å². The zero-order valence-corrected chi connectivity index (χ0v) is 20.1. The van der Waals surface area contributed by atoms with Gasteiger partial charge in [0, 0.05) is 22.0 Å². The quantitative estimate of drug-likeness (QED) is 0.264. The second kappa shape index (κ2) is 7.29. The summed E-state index contributed by atoms with van der Waals surface area (Å²) in [7, 11) is 0. The standard InChI is InChI=1S/C30H25NOS/c1-18-17-32-26-15-20(9-10-23(18)26)27-16-21-11-12-31-28(29(21)33-27)22-13-19-7-5-6-8-24(19)25(14-22)30(2,3)4/h5-17H,1-4H3. The van der Waals surface area contributed by atoms with Crippen LogP contribution in [-0.4, -0.2) is 4.98 Å². The fourth-order valence-corrected chi connectivity index (χ4v) is 5.86. The molecule has 6 rings (SSSR count). The van der Waals surface area contributed by atoms with Gasteiger partial charge in [-0.05, 0) is 75.5 Å². The summed E-state index contributed by atoms with van der Waals surface area (Å²) in [5.41, 5.74) is 6.91. The minimum Gasteiger partial charge on any atom is -0.464 e. The topological polar surface area (TPSA) is 26.0 Å². The monoisotopic (exact) mass is 447 g/mol. The summed E-state index contributed by atoms with van der Waals surface area (Å²) in [6.45, 7) is 8.92. The molecule has 0 fully saturated rings. The van der Waals surface area contributed by atoms with Crippen LogP contribution < -0.4 is 0 Å². The van der Waals surface area contributed by atoms with Crippen molar-refractivity contribution >= 4 is 43.2 Å². The molecule has 0 atom stereocenters. The van der Waals surface area contributed by atoms with Crippen LogP contribution >= 0.6 is 11.3 Å². The van der Waals surface area contributed by atoms with E-state index in [4.69, 9.17) is 9.40 Å². The Morgan fingerprint density at radius 1 is 0.818 bits per heavy atom. The van der Waals surface area contributed by atoms with Crippen molar-refractivity contribution in [3.8, 4) is 21.7 Å². The van der Waals surface area contributed by atoms with Gasteiger partial charge in [0.05, 0.1) is 16.7 Å². The van der Waals surface area contributed by atoms with E-state index in [1.165, 1.54) is 53.4 Å². The molecule has 0 saturated heterocycles. The van der Waals surface area contributed by atoms with E-state index in [0.29, 0.717) is 0 Å². The molecule has 3 heteroatoms. The molecule has 33 heavy (non-hydrogen) atoms. The van der Waals surface area contributed by atoms with Crippen LogP contribution in [0.1, 0.15) is 31.9 Å². The van der Waals surface area contributed by atoms with E-state index in [2.05, 4.69) is 94.4 Å². The number of benzene rings is 3. The summed E-state index contributed by atoms with van der Waals surface area (Å²) < 4.78 is 6.98. The van der Waals surface area contributed by atoms with E-state index >= 15 is 0 Å². The Morgan fingerprint density at radius 2 is 1.67 bits per heavy atom. The molecule has 0 bridgehead atoms. The summed E-state index contributed by atoms with van der Waals surface area (Å²) in [6, 6.07) is 24.2. The van der Waals surface area contributed by atoms with Crippen molar-refractivity contribution in [2.24, 2.45) is 0 Å². The van der Waals surface area contributed by atoms with Gasteiger partial charge in [0.25, 0.3) is 0 Å². The maximum atomic E-state index is 5.76. The fourth-order valence-electron chi connectivity index (χ4n) is 4.69. The van der Waals surface area contributed by atoms with Gasteiger partial charge < -0.3 is 4.42 Å². The first-order valence-corrected chi connectivity index (χ1v) is 12.1. The molecule has 3 aromatic heterocycles. The third kappa shape index (κ3) is 3.35. The van der Waals surface area contributed by atoms with Gasteiger partial charge in [0.2, 0.25) is 0 Å². The largest absolute Gasteiger partial charge is 0.464 e. The zero-order chi connectivity index (χ0) is 22.7. The van der Waals surface area contributed by atoms with Gasteiger partial charge in [0.15, 0.2) is 0 Å². The number of nitrogens with zero attached hydrogens (tertiary/aromatic N) is 1. The van der Waals surface area contributed by atoms with E-state index < -0.39 is 0 Å². The van der Waals surface area contributed by atoms with Gasteiger partial charge in [-0.15, -0.1) is 11.3 Å². The number of aryl methyl sites for hydroxylation is 1. The lowest BCUT2D eigenvalue weighted by Gasteiger charge is -2.22. The predicted octanol–water partition coefficient (Wildman–Crippen LogP) is 9.14. The summed E-state index contributed by atoms with van der Waals surface area (Å²) in [4.78, 5) is 6.09. The molecule has 0 aliphatic rings. The van der Waals surface area contributed by atoms with Crippen LogP contribution in [0.25, 0.3) is 53.5 Å². The van der Waals surface area contributed by atoms with Crippen molar-refractivity contribution in [3.05, 3.63) is 90.3 Å². The molecule has 3 aromatic carbocycles. The van der Waals surface area contributed by atoms with E-state index in [-0.39, 0.29) is 5.41 Å². The number of hydrogen-bond donors (Lipinski definition) is 0. The lowest BCUT2D eigenvalue weighted by Crippen LogP contribution is -2.12. The highest BCUT2D eigenvalue weighted by atomic mass is 32.1. The maximum Gasteiger partial charge on any atom is 0.134 e. The molecular formula is C30H25NOS. The second-order valence-electron chi connectivity index (χ2n) is 9.81. The van der Waals surface area contributed by atoms with Gasteiger partial charge in [-0.25, -0.2) is 0 Å². The van der Waals surface area contributed by atoms with Crippen molar-refractivity contribution < 1.29 is 4.42 Å². The molecule has 0 radical (unpaired) electrons. The third-order valence-corrected chi connectivity index (χ3v) is 7.64. The first-order valence-electron chi connectivity index (χ1n) is 11.3. The number of furan rings is 1. The van der Waals surface area contributed by atoms with Crippen LogP contribution in [0.2, 0.25) is 0 Å². The molecule has 2 nitrogen and oxygen atoms in total. The maximum absolute atomic E-state index is 5.76. The molecule has 0 amide bonds. The Labute approximate surface area is 197 Å². The Bertz CT molecular complexity index is 1660.